The zero-order chi connectivity index (χ0) is 15.4. The van der Waals surface area contributed by atoms with E-state index in [1.165, 1.54) is 0 Å². The van der Waals surface area contributed by atoms with Gasteiger partial charge >= 0.3 is 5.76 Å². The average molecular weight is 295 g/mol. The first-order valence-electron chi connectivity index (χ1n) is 6.73. The standard InChI is InChI=1S/C14H21N3O4/c1-9(8-20-3)17(4-5-19-2)12-7-11-13(6-10(12)15)21-14(18)16-11/h6-7,9H,4-5,8,15H2,1-3H3,(H,16,18). The van der Waals surface area contributed by atoms with Gasteiger partial charge in [-0.3, -0.25) is 4.98 Å². The maximum atomic E-state index is 11.3. The van der Waals surface area contributed by atoms with Gasteiger partial charge in [-0.15, -0.1) is 0 Å². The molecule has 7 nitrogen and oxygen atoms in total. The van der Waals surface area contributed by atoms with Crippen molar-refractivity contribution in [3.8, 4) is 0 Å². The summed E-state index contributed by atoms with van der Waals surface area (Å²) in [4.78, 5) is 16.0. The van der Waals surface area contributed by atoms with Crippen LogP contribution in [0.4, 0.5) is 11.4 Å². The summed E-state index contributed by atoms with van der Waals surface area (Å²) in [7, 11) is 3.31. The highest BCUT2D eigenvalue weighted by atomic mass is 16.5. The smallest absolute Gasteiger partial charge is 0.408 e. The maximum Gasteiger partial charge on any atom is 0.417 e. The number of nitrogen functional groups attached to an aromatic ring is 1. The van der Waals surface area contributed by atoms with Gasteiger partial charge in [-0.25, -0.2) is 4.79 Å². The van der Waals surface area contributed by atoms with Crippen LogP contribution in [0, 0.1) is 0 Å². The van der Waals surface area contributed by atoms with Crippen LogP contribution in [0.5, 0.6) is 0 Å². The second-order valence-corrected chi connectivity index (χ2v) is 4.91. The highest BCUT2D eigenvalue weighted by Gasteiger charge is 2.18. The third-order valence-electron chi connectivity index (χ3n) is 3.35. The molecule has 0 aliphatic carbocycles. The number of nitrogens with zero attached hydrogens (tertiary/aromatic N) is 1. The van der Waals surface area contributed by atoms with Crippen molar-refractivity contribution in [2.24, 2.45) is 0 Å². The number of H-pyrrole nitrogens is 1. The molecule has 0 saturated heterocycles. The van der Waals surface area contributed by atoms with Gasteiger partial charge in [0.25, 0.3) is 0 Å². The molecule has 0 radical (unpaired) electrons. The van der Waals surface area contributed by atoms with Gasteiger partial charge in [0.15, 0.2) is 5.58 Å². The number of ether oxygens (including phenoxy) is 2. The summed E-state index contributed by atoms with van der Waals surface area (Å²) in [6, 6.07) is 3.59. The molecule has 0 aliphatic rings. The second-order valence-electron chi connectivity index (χ2n) is 4.91. The fourth-order valence-corrected chi connectivity index (χ4v) is 2.35. The number of aromatic amines is 1. The molecule has 21 heavy (non-hydrogen) atoms. The van der Waals surface area contributed by atoms with Crippen molar-refractivity contribution in [2.75, 3.05) is 44.6 Å². The molecule has 1 heterocycles. The molecule has 1 aromatic heterocycles. The number of fused-ring (bicyclic) bond motifs is 1. The van der Waals surface area contributed by atoms with Crippen LogP contribution in [-0.4, -0.2) is 45.0 Å². The Hall–Kier alpha value is -1.99. The molecular weight excluding hydrogens is 274 g/mol. The minimum atomic E-state index is -0.491. The first-order valence-corrected chi connectivity index (χ1v) is 6.73. The Bertz CT molecular complexity index is 649. The molecular formula is C14H21N3O4. The molecule has 1 unspecified atom stereocenters. The molecule has 2 aromatic rings. The summed E-state index contributed by atoms with van der Waals surface area (Å²) in [5.41, 5.74) is 8.54. The third kappa shape index (κ3) is 3.37. The van der Waals surface area contributed by atoms with E-state index in [4.69, 9.17) is 19.6 Å². The van der Waals surface area contributed by atoms with E-state index in [2.05, 4.69) is 9.88 Å². The van der Waals surface area contributed by atoms with Gasteiger partial charge < -0.3 is 24.5 Å². The van der Waals surface area contributed by atoms with E-state index in [1.54, 1.807) is 20.3 Å². The average Bonchev–Trinajstić information content (AvgIpc) is 2.78. The molecule has 3 N–H and O–H groups in total. The topological polar surface area (TPSA) is 93.7 Å². The summed E-state index contributed by atoms with van der Waals surface area (Å²) < 4.78 is 15.4. The van der Waals surface area contributed by atoms with Crippen molar-refractivity contribution in [2.45, 2.75) is 13.0 Å². The Labute approximate surface area is 122 Å². The second kappa shape index (κ2) is 6.64. The quantitative estimate of drug-likeness (QED) is 0.745. The van der Waals surface area contributed by atoms with Gasteiger partial charge in [0, 0.05) is 32.9 Å². The van der Waals surface area contributed by atoms with Crippen molar-refractivity contribution >= 4 is 22.5 Å². The van der Waals surface area contributed by atoms with Crippen LogP contribution < -0.4 is 16.4 Å². The minimum absolute atomic E-state index is 0.114. The summed E-state index contributed by atoms with van der Waals surface area (Å²) in [6.07, 6.45) is 0. The van der Waals surface area contributed by atoms with Gasteiger partial charge in [-0.2, -0.15) is 0 Å². The predicted octanol–water partition coefficient (Wildman–Crippen LogP) is 1.19. The van der Waals surface area contributed by atoms with E-state index in [1.807, 2.05) is 13.0 Å². The number of methoxy groups -OCH3 is 2. The highest BCUT2D eigenvalue weighted by molar-refractivity contribution is 5.85. The Balaban J connectivity index is 2.41. The number of hydrogen-bond acceptors (Lipinski definition) is 6. The lowest BCUT2D eigenvalue weighted by molar-refractivity contribution is 0.171. The third-order valence-corrected chi connectivity index (χ3v) is 3.35. The van der Waals surface area contributed by atoms with Crippen molar-refractivity contribution in [1.82, 2.24) is 4.98 Å². The number of rotatable bonds is 7. The highest BCUT2D eigenvalue weighted by Crippen LogP contribution is 2.29. The molecule has 7 heteroatoms. The Morgan fingerprint density at radius 3 is 2.81 bits per heavy atom. The molecule has 2 rings (SSSR count). The molecule has 0 bridgehead atoms. The lowest BCUT2D eigenvalue weighted by Gasteiger charge is -2.31. The number of hydrogen-bond donors (Lipinski definition) is 2. The molecule has 0 aliphatic heterocycles. The SMILES string of the molecule is COCCN(c1cc2[nH]c(=O)oc2cc1N)C(C)COC. The zero-order valence-electron chi connectivity index (χ0n) is 12.5. The van der Waals surface area contributed by atoms with E-state index in [9.17, 15) is 4.79 Å². The monoisotopic (exact) mass is 295 g/mol. The molecule has 0 spiro atoms. The fourth-order valence-electron chi connectivity index (χ4n) is 2.35. The zero-order valence-corrected chi connectivity index (χ0v) is 12.5. The molecule has 0 fully saturated rings. The minimum Gasteiger partial charge on any atom is -0.408 e. The Morgan fingerprint density at radius 2 is 2.14 bits per heavy atom. The largest absolute Gasteiger partial charge is 0.417 e. The van der Waals surface area contributed by atoms with E-state index in [0.29, 0.717) is 36.5 Å². The summed E-state index contributed by atoms with van der Waals surface area (Å²) in [5.74, 6) is -0.491. The number of nitrogens with two attached hydrogens (primary N) is 1. The maximum absolute atomic E-state index is 11.3. The first-order chi connectivity index (χ1) is 10.1. The molecule has 0 saturated carbocycles. The Kier molecular flexibility index (Phi) is 4.87. The van der Waals surface area contributed by atoms with Crippen molar-refractivity contribution < 1.29 is 13.9 Å². The van der Waals surface area contributed by atoms with Crippen LogP contribution in [0.25, 0.3) is 11.1 Å². The van der Waals surface area contributed by atoms with Gasteiger partial charge in [-0.1, -0.05) is 0 Å². The van der Waals surface area contributed by atoms with E-state index in [0.717, 1.165) is 5.69 Å². The predicted molar refractivity (Wildman–Crippen MR) is 81.8 cm³/mol. The number of nitrogens with one attached hydrogen (secondary N) is 1. The van der Waals surface area contributed by atoms with Crippen LogP contribution in [0.3, 0.4) is 0 Å². The lowest BCUT2D eigenvalue weighted by atomic mass is 10.2. The number of aromatic nitrogens is 1. The van der Waals surface area contributed by atoms with Gasteiger partial charge in [-0.05, 0) is 13.0 Å². The van der Waals surface area contributed by atoms with E-state index >= 15 is 0 Å². The fraction of sp³-hybridized carbons (Fsp3) is 0.500. The van der Waals surface area contributed by atoms with Crippen LogP contribution in [0.15, 0.2) is 21.3 Å². The molecule has 116 valence electrons. The van der Waals surface area contributed by atoms with Crippen LogP contribution in [0.1, 0.15) is 6.92 Å². The summed E-state index contributed by atoms with van der Waals surface area (Å²) in [5, 5.41) is 0. The van der Waals surface area contributed by atoms with Crippen LogP contribution >= 0.6 is 0 Å². The molecule has 0 amide bonds. The van der Waals surface area contributed by atoms with Crippen LogP contribution in [-0.2, 0) is 9.47 Å². The number of anilines is 2. The molecule has 1 atom stereocenters. The Morgan fingerprint density at radius 1 is 1.38 bits per heavy atom. The van der Waals surface area contributed by atoms with E-state index in [-0.39, 0.29) is 6.04 Å². The first kappa shape index (κ1) is 15.4. The van der Waals surface area contributed by atoms with Crippen molar-refractivity contribution in [1.29, 1.82) is 0 Å². The van der Waals surface area contributed by atoms with Gasteiger partial charge in [0.2, 0.25) is 0 Å². The number of oxazole rings is 1. The molecule has 1 aromatic carbocycles. The van der Waals surface area contributed by atoms with Gasteiger partial charge in [0.1, 0.15) is 0 Å². The summed E-state index contributed by atoms with van der Waals surface area (Å²) >= 11 is 0. The summed E-state index contributed by atoms with van der Waals surface area (Å²) in [6.45, 7) is 3.83. The van der Waals surface area contributed by atoms with Crippen LogP contribution in [0.2, 0.25) is 0 Å². The van der Waals surface area contributed by atoms with Crippen molar-refractivity contribution in [3.05, 3.63) is 22.7 Å². The lowest BCUT2D eigenvalue weighted by Crippen LogP contribution is -2.39. The van der Waals surface area contributed by atoms with Gasteiger partial charge in [0.05, 0.1) is 30.1 Å². The van der Waals surface area contributed by atoms with E-state index < -0.39 is 5.76 Å². The number of benzene rings is 1. The normalized spacial score (nSPS) is 12.7. The van der Waals surface area contributed by atoms with Crippen molar-refractivity contribution in [3.63, 3.8) is 0 Å².